The van der Waals surface area contributed by atoms with Gasteiger partial charge in [0, 0.05) is 26.6 Å². The lowest BCUT2D eigenvalue weighted by Gasteiger charge is -2.21. The van der Waals surface area contributed by atoms with E-state index in [0.29, 0.717) is 38.4 Å². The summed E-state index contributed by atoms with van der Waals surface area (Å²) in [4.78, 5) is 23.9. The molecule has 1 aromatic rings. The van der Waals surface area contributed by atoms with E-state index >= 15 is 0 Å². The van der Waals surface area contributed by atoms with Crippen LogP contribution in [0.3, 0.4) is 0 Å². The molecule has 0 aliphatic heterocycles. The highest BCUT2D eigenvalue weighted by Crippen LogP contribution is 2.05. The highest BCUT2D eigenvalue weighted by Gasteiger charge is 2.14. The summed E-state index contributed by atoms with van der Waals surface area (Å²) >= 11 is 0. The van der Waals surface area contributed by atoms with Crippen molar-refractivity contribution in [2.75, 3.05) is 26.8 Å². The van der Waals surface area contributed by atoms with Gasteiger partial charge in [-0.2, -0.15) is 0 Å². The fourth-order valence-electron chi connectivity index (χ4n) is 1.59. The van der Waals surface area contributed by atoms with E-state index in [0.717, 1.165) is 0 Å². The Labute approximate surface area is 117 Å². The summed E-state index contributed by atoms with van der Waals surface area (Å²) in [5.41, 5.74) is 0. The predicted molar refractivity (Wildman–Crippen MR) is 71.3 cm³/mol. The number of nitrogens with one attached hydrogen (secondary N) is 1. The van der Waals surface area contributed by atoms with Gasteiger partial charge in [-0.1, -0.05) is 0 Å². The smallest absolute Gasteiger partial charge is 0.317 e. The van der Waals surface area contributed by atoms with Crippen LogP contribution in [0.15, 0.2) is 22.8 Å². The molecule has 1 heterocycles. The first kappa shape index (κ1) is 16.0. The molecule has 0 aliphatic rings. The SMILES string of the molecule is COCCN(Cc1ccco1)C(=O)NCCCC(=O)O. The number of urea groups is 1. The van der Waals surface area contributed by atoms with Crippen LogP contribution >= 0.6 is 0 Å². The van der Waals surface area contributed by atoms with Crippen molar-refractivity contribution in [1.29, 1.82) is 0 Å². The van der Waals surface area contributed by atoms with Crippen molar-refractivity contribution >= 4 is 12.0 Å². The molecule has 20 heavy (non-hydrogen) atoms. The number of carboxylic acid groups (broad SMARTS) is 1. The van der Waals surface area contributed by atoms with Gasteiger partial charge in [-0.25, -0.2) is 4.79 Å². The highest BCUT2D eigenvalue weighted by molar-refractivity contribution is 5.74. The van der Waals surface area contributed by atoms with Crippen molar-refractivity contribution in [3.8, 4) is 0 Å². The van der Waals surface area contributed by atoms with E-state index in [1.165, 1.54) is 0 Å². The summed E-state index contributed by atoms with van der Waals surface area (Å²) < 4.78 is 10.2. The number of hydrogen-bond acceptors (Lipinski definition) is 4. The number of rotatable bonds is 9. The normalized spacial score (nSPS) is 10.2. The molecule has 7 heteroatoms. The molecule has 0 radical (unpaired) electrons. The van der Waals surface area contributed by atoms with E-state index in [9.17, 15) is 9.59 Å². The lowest BCUT2D eigenvalue weighted by atomic mass is 10.3. The standard InChI is InChI=1S/C13H20N2O5/c1-19-9-7-15(10-11-4-3-8-20-11)13(18)14-6-2-5-12(16)17/h3-4,8H,2,5-7,9-10H2,1H3,(H,14,18)(H,16,17). The van der Waals surface area contributed by atoms with Crippen LogP contribution in [0, 0.1) is 0 Å². The monoisotopic (exact) mass is 284 g/mol. The number of hydrogen-bond donors (Lipinski definition) is 2. The summed E-state index contributed by atoms with van der Waals surface area (Å²) in [6, 6.07) is 3.29. The molecular weight excluding hydrogens is 264 g/mol. The van der Waals surface area contributed by atoms with Crippen molar-refractivity contribution in [3.63, 3.8) is 0 Å². The molecule has 0 saturated carbocycles. The van der Waals surface area contributed by atoms with Gasteiger partial charge in [0.1, 0.15) is 5.76 Å². The molecule has 7 nitrogen and oxygen atoms in total. The quantitative estimate of drug-likeness (QED) is 0.667. The van der Waals surface area contributed by atoms with Crippen molar-refractivity contribution in [2.45, 2.75) is 19.4 Å². The van der Waals surface area contributed by atoms with Gasteiger partial charge in [0.15, 0.2) is 0 Å². The van der Waals surface area contributed by atoms with Crippen molar-refractivity contribution in [3.05, 3.63) is 24.2 Å². The molecule has 0 spiro atoms. The third kappa shape index (κ3) is 6.24. The number of furan rings is 1. The average Bonchev–Trinajstić information content (AvgIpc) is 2.92. The van der Waals surface area contributed by atoms with Gasteiger partial charge in [0.05, 0.1) is 19.4 Å². The van der Waals surface area contributed by atoms with Gasteiger partial charge in [-0.15, -0.1) is 0 Å². The van der Waals surface area contributed by atoms with Crippen LogP contribution < -0.4 is 5.32 Å². The molecule has 0 aromatic carbocycles. The number of carboxylic acids is 1. The second kappa shape index (κ2) is 8.98. The van der Waals surface area contributed by atoms with Crippen molar-refractivity contribution < 1.29 is 23.8 Å². The minimum atomic E-state index is -0.869. The van der Waals surface area contributed by atoms with Crippen molar-refractivity contribution in [1.82, 2.24) is 10.2 Å². The Kier molecular flexibility index (Phi) is 7.20. The van der Waals surface area contributed by atoms with Gasteiger partial charge < -0.3 is 24.5 Å². The number of amides is 2. The molecule has 2 N–H and O–H groups in total. The summed E-state index contributed by atoms with van der Waals surface area (Å²) in [6.07, 6.45) is 1.99. The molecule has 112 valence electrons. The van der Waals surface area contributed by atoms with Crippen LogP contribution in [0.25, 0.3) is 0 Å². The maximum Gasteiger partial charge on any atom is 0.317 e. The van der Waals surface area contributed by atoms with Crippen LogP contribution in [0.4, 0.5) is 4.79 Å². The molecule has 0 unspecified atom stereocenters. The maximum absolute atomic E-state index is 12.0. The Morgan fingerprint density at radius 1 is 1.50 bits per heavy atom. The summed E-state index contributed by atoms with van der Waals surface area (Å²) in [7, 11) is 1.57. The lowest BCUT2D eigenvalue weighted by molar-refractivity contribution is -0.137. The Hall–Kier alpha value is -2.02. The number of aliphatic carboxylic acids is 1. The Balaban J connectivity index is 2.40. The van der Waals surface area contributed by atoms with Gasteiger partial charge in [0.25, 0.3) is 0 Å². The Bertz CT molecular complexity index is 405. The second-order valence-corrected chi connectivity index (χ2v) is 4.22. The lowest BCUT2D eigenvalue weighted by Crippen LogP contribution is -2.41. The Morgan fingerprint density at radius 2 is 2.30 bits per heavy atom. The summed E-state index contributed by atoms with van der Waals surface area (Å²) in [6.45, 7) is 1.53. The zero-order chi connectivity index (χ0) is 14.8. The Morgan fingerprint density at radius 3 is 2.90 bits per heavy atom. The van der Waals surface area contributed by atoms with Crippen LogP contribution in [0.5, 0.6) is 0 Å². The van der Waals surface area contributed by atoms with Crippen LogP contribution in [0.2, 0.25) is 0 Å². The van der Waals surface area contributed by atoms with Crippen LogP contribution in [0.1, 0.15) is 18.6 Å². The largest absolute Gasteiger partial charge is 0.481 e. The third-order valence-corrected chi connectivity index (χ3v) is 2.62. The molecule has 0 bridgehead atoms. The zero-order valence-corrected chi connectivity index (χ0v) is 11.5. The highest BCUT2D eigenvalue weighted by atomic mass is 16.5. The van der Waals surface area contributed by atoms with Gasteiger partial charge in [-0.3, -0.25) is 4.79 Å². The number of methoxy groups -OCH3 is 1. The predicted octanol–water partition coefficient (Wildman–Crippen LogP) is 1.30. The molecule has 1 aromatic heterocycles. The molecule has 0 atom stereocenters. The summed E-state index contributed by atoms with van der Waals surface area (Å²) in [5.74, 6) is -0.187. The molecule has 0 fully saturated rings. The fraction of sp³-hybridized carbons (Fsp3) is 0.538. The van der Waals surface area contributed by atoms with E-state index in [1.54, 1.807) is 30.4 Å². The van der Waals surface area contributed by atoms with Crippen LogP contribution in [-0.4, -0.2) is 48.8 Å². The minimum absolute atomic E-state index is 0.0382. The third-order valence-electron chi connectivity index (χ3n) is 2.62. The number of ether oxygens (including phenoxy) is 1. The number of nitrogens with zero attached hydrogens (tertiary/aromatic N) is 1. The molecule has 1 rings (SSSR count). The molecule has 0 saturated heterocycles. The second-order valence-electron chi connectivity index (χ2n) is 4.22. The average molecular weight is 284 g/mol. The summed E-state index contributed by atoms with van der Waals surface area (Å²) in [5, 5.41) is 11.2. The number of carbonyl (C=O) groups excluding carboxylic acids is 1. The molecular formula is C13H20N2O5. The van der Waals surface area contributed by atoms with E-state index < -0.39 is 5.97 Å². The van der Waals surface area contributed by atoms with E-state index in [1.807, 2.05) is 0 Å². The van der Waals surface area contributed by atoms with Gasteiger partial charge in [0.2, 0.25) is 0 Å². The number of carbonyl (C=O) groups is 2. The first-order valence-electron chi connectivity index (χ1n) is 6.39. The fourth-order valence-corrected chi connectivity index (χ4v) is 1.59. The van der Waals surface area contributed by atoms with Gasteiger partial charge in [-0.05, 0) is 18.6 Å². The zero-order valence-electron chi connectivity index (χ0n) is 11.5. The van der Waals surface area contributed by atoms with Gasteiger partial charge >= 0.3 is 12.0 Å². The van der Waals surface area contributed by atoms with Crippen molar-refractivity contribution in [2.24, 2.45) is 0 Å². The molecule has 0 aliphatic carbocycles. The van der Waals surface area contributed by atoms with Crippen LogP contribution in [-0.2, 0) is 16.1 Å². The topological polar surface area (TPSA) is 92.0 Å². The minimum Gasteiger partial charge on any atom is -0.481 e. The molecule has 2 amide bonds. The van der Waals surface area contributed by atoms with E-state index in [2.05, 4.69) is 5.32 Å². The van der Waals surface area contributed by atoms with E-state index in [4.69, 9.17) is 14.3 Å². The first-order chi connectivity index (χ1) is 9.63. The van der Waals surface area contributed by atoms with E-state index in [-0.39, 0.29) is 12.5 Å². The first-order valence-corrected chi connectivity index (χ1v) is 6.39. The maximum atomic E-state index is 12.0.